The lowest BCUT2D eigenvalue weighted by Crippen LogP contribution is -1.94. The molecule has 0 aliphatic carbocycles. The maximum absolute atomic E-state index is 9.27. The highest BCUT2D eigenvalue weighted by atomic mass is 16.3. The van der Waals surface area contributed by atoms with Crippen molar-refractivity contribution >= 4 is 0 Å². The van der Waals surface area contributed by atoms with Gasteiger partial charge in [0, 0.05) is 12.7 Å². The Morgan fingerprint density at radius 3 is 2.75 bits per heavy atom. The molecule has 0 spiro atoms. The SMILES string of the molecule is CCCCCCn1cccc1O. The average molecular weight is 167 g/mol. The predicted octanol–water partition coefficient (Wildman–Crippen LogP) is 2.77. The van der Waals surface area contributed by atoms with Gasteiger partial charge in [0.2, 0.25) is 0 Å². The van der Waals surface area contributed by atoms with E-state index < -0.39 is 0 Å². The van der Waals surface area contributed by atoms with Crippen molar-refractivity contribution in [3.05, 3.63) is 18.3 Å². The average Bonchev–Trinajstić information content (AvgIpc) is 2.46. The fraction of sp³-hybridized carbons (Fsp3) is 0.600. The molecule has 0 atom stereocenters. The molecule has 1 aromatic heterocycles. The fourth-order valence-electron chi connectivity index (χ4n) is 1.30. The Labute approximate surface area is 73.8 Å². The van der Waals surface area contributed by atoms with Crippen LogP contribution in [0.15, 0.2) is 18.3 Å². The summed E-state index contributed by atoms with van der Waals surface area (Å²) in [6.45, 7) is 3.14. The van der Waals surface area contributed by atoms with Gasteiger partial charge in [0.15, 0.2) is 5.88 Å². The molecule has 2 heteroatoms. The van der Waals surface area contributed by atoms with Crippen molar-refractivity contribution in [3.63, 3.8) is 0 Å². The van der Waals surface area contributed by atoms with Crippen LogP contribution in [0.5, 0.6) is 5.88 Å². The summed E-state index contributed by atoms with van der Waals surface area (Å²) in [6.07, 6.45) is 6.89. The second-order valence-electron chi connectivity index (χ2n) is 3.12. The molecule has 0 aliphatic heterocycles. The molecule has 0 saturated carbocycles. The minimum atomic E-state index is 0.381. The summed E-state index contributed by atoms with van der Waals surface area (Å²) in [4.78, 5) is 0. The first kappa shape index (κ1) is 9.17. The van der Waals surface area contributed by atoms with Crippen molar-refractivity contribution in [3.8, 4) is 5.88 Å². The summed E-state index contributed by atoms with van der Waals surface area (Å²) < 4.78 is 1.88. The van der Waals surface area contributed by atoms with Gasteiger partial charge in [-0.15, -0.1) is 0 Å². The molecule has 1 aromatic rings. The van der Waals surface area contributed by atoms with Gasteiger partial charge in [-0.2, -0.15) is 0 Å². The maximum Gasteiger partial charge on any atom is 0.190 e. The Morgan fingerprint density at radius 2 is 2.17 bits per heavy atom. The monoisotopic (exact) mass is 167 g/mol. The lowest BCUT2D eigenvalue weighted by atomic mass is 10.2. The van der Waals surface area contributed by atoms with E-state index in [1.54, 1.807) is 6.07 Å². The zero-order valence-corrected chi connectivity index (χ0v) is 7.66. The van der Waals surface area contributed by atoms with Crippen molar-refractivity contribution in [1.82, 2.24) is 4.57 Å². The van der Waals surface area contributed by atoms with Crippen LogP contribution < -0.4 is 0 Å². The van der Waals surface area contributed by atoms with Crippen molar-refractivity contribution in [1.29, 1.82) is 0 Å². The Balaban J connectivity index is 2.20. The molecule has 0 bridgehead atoms. The summed E-state index contributed by atoms with van der Waals surface area (Å²) in [6, 6.07) is 3.59. The number of hydrogen-bond acceptors (Lipinski definition) is 1. The number of aromatic hydroxyl groups is 1. The van der Waals surface area contributed by atoms with Crippen molar-refractivity contribution in [2.24, 2.45) is 0 Å². The third-order valence-electron chi connectivity index (χ3n) is 2.06. The first-order valence-electron chi connectivity index (χ1n) is 4.68. The van der Waals surface area contributed by atoms with Gasteiger partial charge in [0.1, 0.15) is 0 Å². The molecule has 0 saturated heterocycles. The van der Waals surface area contributed by atoms with E-state index in [2.05, 4.69) is 6.92 Å². The summed E-state index contributed by atoms with van der Waals surface area (Å²) in [5.74, 6) is 0.381. The Hall–Kier alpha value is -0.920. The van der Waals surface area contributed by atoms with Gasteiger partial charge in [-0.05, 0) is 18.6 Å². The van der Waals surface area contributed by atoms with Crippen LogP contribution in [-0.2, 0) is 6.54 Å². The topological polar surface area (TPSA) is 25.2 Å². The van der Waals surface area contributed by atoms with Gasteiger partial charge < -0.3 is 9.67 Å². The highest BCUT2D eigenvalue weighted by molar-refractivity contribution is 5.10. The number of aromatic nitrogens is 1. The van der Waals surface area contributed by atoms with Crippen LogP contribution in [0.25, 0.3) is 0 Å². The Kier molecular flexibility index (Phi) is 3.71. The fourth-order valence-corrected chi connectivity index (χ4v) is 1.30. The van der Waals surface area contributed by atoms with E-state index >= 15 is 0 Å². The molecule has 0 unspecified atom stereocenters. The molecule has 0 amide bonds. The molecular weight excluding hydrogens is 150 g/mol. The van der Waals surface area contributed by atoms with Crippen molar-refractivity contribution < 1.29 is 5.11 Å². The highest BCUT2D eigenvalue weighted by Crippen LogP contribution is 2.11. The standard InChI is InChI=1S/C10H17NO/c1-2-3-4-5-8-11-9-6-7-10(11)12/h6-7,9,12H,2-5,8H2,1H3. The van der Waals surface area contributed by atoms with Gasteiger partial charge in [-0.3, -0.25) is 0 Å². The molecule has 68 valence electrons. The molecule has 1 N–H and O–H groups in total. The molecule has 0 radical (unpaired) electrons. The van der Waals surface area contributed by atoms with Gasteiger partial charge >= 0.3 is 0 Å². The van der Waals surface area contributed by atoms with Gasteiger partial charge in [0.25, 0.3) is 0 Å². The summed E-state index contributed by atoms with van der Waals surface area (Å²) in [5, 5.41) is 9.27. The van der Waals surface area contributed by atoms with Crippen LogP contribution in [0.2, 0.25) is 0 Å². The predicted molar refractivity (Wildman–Crippen MR) is 50.2 cm³/mol. The largest absolute Gasteiger partial charge is 0.494 e. The number of aryl methyl sites for hydroxylation is 1. The number of hydrogen-bond donors (Lipinski definition) is 1. The van der Waals surface area contributed by atoms with Crippen LogP contribution in [-0.4, -0.2) is 9.67 Å². The minimum absolute atomic E-state index is 0.381. The quantitative estimate of drug-likeness (QED) is 0.670. The normalized spacial score (nSPS) is 10.4. The van der Waals surface area contributed by atoms with Gasteiger partial charge in [-0.25, -0.2) is 0 Å². The summed E-state index contributed by atoms with van der Waals surface area (Å²) in [7, 11) is 0. The molecule has 12 heavy (non-hydrogen) atoms. The molecule has 0 aromatic carbocycles. The molecule has 2 nitrogen and oxygen atoms in total. The molecule has 0 fully saturated rings. The molecule has 1 rings (SSSR count). The zero-order chi connectivity index (χ0) is 8.81. The molecule has 1 heterocycles. The smallest absolute Gasteiger partial charge is 0.190 e. The summed E-state index contributed by atoms with van der Waals surface area (Å²) in [5.41, 5.74) is 0. The molecule has 0 aliphatic rings. The second-order valence-corrected chi connectivity index (χ2v) is 3.12. The first-order chi connectivity index (χ1) is 5.84. The van der Waals surface area contributed by atoms with E-state index in [-0.39, 0.29) is 0 Å². The maximum atomic E-state index is 9.27. The number of rotatable bonds is 5. The Morgan fingerprint density at radius 1 is 1.33 bits per heavy atom. The lowest BCUT2D eigenvalue weighted by molar-refractivity contribution is 0.410. The van der Waals surface area contributed by atoms with E-state index in [0.29, 0.717) is 5.88 Å². The van der Waals surface area contributed by atoms with Gasteiger partial charge in [-0.1, -0.05) is 26.2 Å². The number of nitrogens with zero attached hydrogens (tertiary/aromatic N) is 1. The highest BCUT2D eigenvalue weighted by Gasteiger charge is 1.95. The van der Waals surface area contributed by atoms with E-state index in [4.69, 9.17) is 0 Å². The Bertz CT molecular complexity index is 217. The van der Waals surface area contributed by atoms with Crippen molar-refractivity contribution in [2.75, 3.05) is 0 Å². The number of unbranched alkanes of at least 4 members (excludes halogenated alkanes) is 3. The zero-order valence-electron chi connectivity index (χ0n) is 7.66. The second kappa shape index (κ2) is 4.86. The minimum Gasteiger partial charge on any atom is -0.494 e. The van der Waals surface area contributed by atoms with Crippen LogP contribution >= 0.6 is 0 Å². The lowest BCUT2D eigenvalue weighted by Gasteiger charge is -2.03. The van der Waals surface area contributed by atoms with Crippen LogP contribution in [0.4, 0.5) is 0 Å². The third-order valence-corrected chi connectivity index (χ3v) is 2.06. The summed E-state index contributed by atoms with van der Waals surface area (Å²) >= 11 is 0. The first-order valence-corrected chi connectivity index (χ1v) is 4.68. The van der Waals surface area contributed by atoms with Crippen LogP contribution in [0, 0.1) is 0 Å². The van der Waals surface area contributed by atoms with Gasteiger partial charge in [0.05, 0.1) is 0 Å². The van der Waals surface area contributed by atoms with Crippen LogP contribution in [0.1, 0.15) is 32.6 Å². The molecular formula is C10H17NO. The third kappa shape index (κ3) is 2.61. The van der Waals surface area contributed by atoms with E-state index in [1.807, 2.05) is 16.8 Å². The van der Waals surface area contributed by atoms with Crippen LogP contribution in [0.3, 0.4) is 0 Å². The van der Waals surface area contributed by atoms with E-state index in [0.717, 1.165) is 13.0 Å². The van der Waals surface area contributed by atoms with E-state index in [1.165, 1.54) is 19.3 Å². The van der Waals surface area contributed by atoms with E-state index in [9.17, 15) is 5.11 Å². The van der Waals surface area contributed by atoms with Crippen molar-refractivity contribution in [2.45, 2.75) is 39.2 Å².